The number of aromatic nitrogens is 1. The molecule has 0 unspecified atom stereocenters. The Labute approximate surface area is 131 Å². The van der Waals surface area contributed by atoms with E-state index in [2.05, 4.69) is 0 Å². The number of non-ortho nitro benzene ring substituents is 1. The van der Waals surface area contributed by atoms with Gasteiger partial charge in [-0.05, 0) is 32.9 Å². The molecule has 0 spiro atoms. The summed E-state index contributed by atoms with van der Waals surface area (Å²) in [6.45, 7) is 4.83. The first-order valence-corrected chi connectivity index (χ1v) is 6.81. The van der Waals surface area contributed by atoms with Gasteiger partial charge in [0.1, 0.15) is 17.8 Å². The Morgan fingerprint density at radius 2 is 1.96 bits per heavy atom. The van der Waals surface area contributed by atoms with Gasteiger partial charge in [0.05, 0.1) is 4.92 Å². The van der Waals surface area contributed by atoms with Gasteiger partial charge in [-0.3, -0.25) is 14.9 Å². The van der Waals surface area contributed by atoms with E-state index in [0.717, 1.165) is 0 Å². The average Bonchev–Trinajstić information content (AvgIpc) is 2.74. The van der Waals surface area contributed by atoms with E-state index in [1.165, 1.54) is 28.8 Å². The van der Waals surface area contributed by atoms with Gasteiger partial charge in [0.15, 0.2) is 0 Å². The van der Waals surface area contributed by atoms with Crippen LogP contribution in [0.15, 0.2) is 24.3 Å². The van der Waals surface area contributed by atoms with Crippen molar-refractivity contribution in [3.8, 4) is 0 Å². The summed E-state index contributed by atoms with van der Waals surface area (Å²) in [6.07, 6.45) is 0. The van der Waals surface area contributed by atoms with Crippen molar-refractivity contribution < 1.29 is 24.4 Å². The molecule has 1 aromatic carbocycles. The van der Waals surface area contributed by atoms with Gasteiger partial charge in [-0.15, -0.1) is 0 Å². The number of hydrogen-bond acceptors (Lipinski definition) is 5. The number of rotatable bonds is 4. The monoisotopic (exact) mass is 320 g/mol. The van der Waals surface area contributed by atoms with E-state index in [9.17, 15) is 24.8 Å². The van der Waals surface area contributed by atoms with Crippen molar-refractivity contribution in [3.63, 3.8) is 0 Å². The molecule has 0 atom stereocenters. The highest BCUT2D eigenvalue weighted by Gasteiger charge is 2.22. The van der Waals surface area contributed by atoms with Crippen molar-refractivity contribution in [1.29, 1.82) is 0 Å². The maximum atomic E-state index is 12.0. The van der Waals surface area contributed by atoms with Crippen LogP contribution in [-0.4, -0.2) is 32.1 Å². The molecule has 1 aromatic heterocycles. The number of carbonyl (C=O) groups excluding carboxylic acids is 1. The second kappa shape index (κ2) is 5.71. The molecular weight excluding hydrogens is 304 g/mol. The molecule has 0 fully saturated rings. The van der Waals surface area contributed by atoms with Gasteiger partial charge in [0.2, 0.25) is 0 Å². The molecule has 122 valence electrons. The average molecular weight is 320 g/mol. The quantitative estimate of drug-likeness (QED) is 0.526. The standard InChI is InChI=1S/C15H16N2O6/c1-15(2,3)23-13(18)8-16-11-5-4-10(17(21)22)6-9(11)7-12(16)14(19)20/h4-7H,8H2,1-3H3,(H,19,20). The molecule has 8 heteroatoms. The maximum Gasteiger partial charge on any atom is 0.352 e. The van der Waals surface area contributed by atoms with Crippen LogP contribution in [0.3, 0.4) is 0 Å². The fourth-order valence-electron chi connectivity index (χ4n) is 2.22. The lowest BCUT2D eigenvalue weighted by Crippen LogP contribution is -2.27. The Morgan fingerprint density at radius 3 is 2.48 bits per heavy atom. The predicted octanol–water partition coefficient (Wildman–Crippen LogP) is 2.59. The summed E-state index contributed by atoms with van der Waals surface area (Å²) >= 11 is 0. The number of nitrogens with zero attached hydrogens (tertiary/aromatic N) is 2. The summed E-state index contributed by atoms with van der Waals surface area (Å²) in [4.78, 5) is 33.6. The Morgan fingerprint density at radius 1 is 1.30 bits per heavy atom. The van der Waals surface area contributed by atoms with Crippen LogP contribution in [0.2, 0.25) is 0 Å². The maximum absolute atomic E-state index is 12.0. The highest BCUT2D eigenvalue weighted by atomic mass is 16.6. The smallest absolute Gasteiger partial charge is 0.352 e. The van der Waals surface area contributed by atoms with Crippen molar-refractivity contribution in [2.24, 2.45) is 0 Å². The number of hydrogen-bond donors (Lipinski definition) is 1. The van der Waals surface area contributed by atoms with Crippen LogP contribution in [0, 0.1) is 10.1 Å². The molecule has 1 heterocycles. The molecule has 0 radical (unpaired) electrons. The number of carboxylic acids is 1. The highest BCUT2D eigenvalue weighted by Crippen LogP contribution is 2.25. The van der Waals surface area contributed by atoms with Gasteiger partial charge < -0.3 is 14.4 Å². The molecule has 2 rings (SSSR count). The van der Waals surface area contributed by atoms with E-state index in [1.807, 2.05) is 0 Å². The summed E-state index contributed by atoms with van der Waals surface area (Å²) in [5.41, 5.74) is -0.559. The summed E-state index contributed by atoms with van der Waals surface area (Å²) < 4.78 is 6.47. The minimum atomic E-state index is -1.23. The number of ether oxygens (including phenoxy) is 1. The van der Waals surface area contributed by atoms with Gasteiger partial charge in [-0.2, -0.15) is 0 Å². The van der Waals surface area contributed by atoms with Gasteiger partial charge in [-0.25, -0.2) is 4.79 Å². The first-order chi connectivity index (χ1) is 10.6. The van der Waals surface area contributed by atoms with Crippen molar-refractivity contribution in [3.05, 3.63) is 40.1 Å². The van der Waals surface area contributed by atoms with Crippen molar-refractivity contribution in [1.82, 2.24) is 4.57 Å². The predicted molar refractivity (Wildman–Crippen MR) is 81.4 cm³/mol. The molecule has 0 saturated carbocycles. The van der Waals surface area contributed by atoms with Crippen LogP contribution < -0.4 is 0 Å². The summed E-state index contributed by atoms with van der Waals surface area (Å²) in [6, 6.07) is 5.26. The van der Waals surface area contributed by atoms with E-state index in [-0.39, 0.29) is 17.9 Å². The Bertz CT molecular complexity index is 800. The second-order valence-electron chi connectivity index (χ2n) is 6.01. The zero-order chi connectivity index (χ0) is 17.4. The number of carboxylic acid groups (broad SMARTS) is 1. The van der Waals surface area contributed by atoms with Gasteiger partial charge in [0, 0.05) is 23.0 Å². The Hall–Kier alpha value is -2.90. The summed E-state index contributed by atoms with van der Waals surface area (Å²) in [5.74, 6) is -1.82. The van der Waals surface area contributed by atoms with Gasteiger partial charge >= 0.3 is 11.9 Å². The van der Waals surface area contributed by atoms with Crippen LogP contribution in [-0.2, 0) is 16.1 Å². The number of carbonyl (C=O) groups is 2. The first-order valence-electron chi connectivity index (χ1n) is 6.81. The largest absolute Gasteiger partial charge is 0.477 e. The van der Waals surface area contributed by atoms with E-state index < -0.39 is 22.5 Å². The van der Waals surface area contributed by atoms with Crippen molar-refractivity contribution in [2.75, 3.05) is 0 Å². The molecule has 1 N–H and O–H groups in total. The molecule has 0 amide bonds. The van der Waals surface area contributed by atoms with Crippen LogP contribution in [0.1, 0.15) is 31.3 Å². The van der Waals surface area contributed by atoms with Crippen LogP contribution >= 0.6 is 0 Å². The van der Waals surface area contributed by atoms with Crippen LogP contribution in [0.4, 0.5) is 5.69 Å². The number of nitro groups is 1. The summed E-state index contributed by atoms with van der Waals surface area (Å²) in [5, 5.41) is 20.5. The SMILES string of the molecule is CC(C)(C)OC(=O)Cn1c(C(=O)O)cc2cc([N+](=O)[O-])ccc21. The normalized spacial score (nSPS) is 11.4. The number of benzene rings is 1. The van der Waals surface area contributed by atoms with Crippen molar-refractivity contribution >= 4 is 28.5 Å². The zero-order valence-corrected chi connectivity index (χ0v) is 12.9. The fourth-order valence-corrected chi connectivity index (χ4v) is 2.22. The Kier molecular flexibility index (Phi) is 4.09. The molecule has 0 bridgehead atoms. The number of fused-ring (bicyclic) bond motifs is 1. The third kappa shape index (κ3) is 3.65. The second-order valence-corrected chi connectivity index (χ2v) is 6.01. The highest BCUT2D eigenvalue weighted by molar-refractivity contribution is 5.96. The molecule has 23 heavy (non-hydrogen) atoms. The van der Waals surface area contributed by atoms with Crippen LogP contribution in [0.25, 0.3) is 10.9 Å². The van der Waals surface area contributed by atoms with E-state index >= 15 is 0 Å². The molecule has 0 aliphatic carbocycles. The van der Waals surface area contributed by atoms with E-state index in [4.69, 9.17) is 4.74 Å². The minimum Gasteiger partial charge on any atom is -0.477 e. The Balaban J connectivity index is 2.48. The minimum absolute atomic E-state index is 0.133. The van der Waals surface area contributed by atoms with E-state index in [1.54, 1.807) is 20.8 Å². The van der Waals surface area contributed by atoms with Crippen LogP contribution in [0.5, 0.6) is 0 Å². The van der Waals surface area contributed by atoms with E-state index in [0.29, 0.717) is 10.9 Å². The lowest BCUT2D eigenvalue weighted by Gasteiger charge is -2.20. The number of nitro benzene ring substituents is 1. The molecule has 0 aliphatic rings. The number of aromatic carboxylic acids is 1. The molecular formula is C15H16N2O6. The lowest BCUT2D eigenvalue weighted by molar-refractivity contribution is -0.384. The number of esters is 1. The molecule has 2 aromatic rings. The summed E-state index contributed by atoms with van der Waals surface area (Å²) in [7, 11) is 0. The zero-order valence-electron chi connectivity index (χ0n) is 12.9. The third-order valence-electron chi connectivity index (χ3n) is 3.02. The third-order valence-corrected chi connectivity index (χ3v) is 3.02. The fraction of sp³-hybridized carbons (Fsp3) is 0.333. The lowest BCUT2D eigenvalue weighted by atomic mass is 10.2. The molecule has 0 saturated heterocycles. The molecule has 0 aliphatic heterocycles. The molecule has 8 nitrogen and oxygen atoms in total. The van der Waals surface area contributed by atoms with Crippen molar-refractivity contribution in [2.45, 2.75) is 32.9 Å². The van der Waals surface area contributed by atoms with Gasteiger partial charge in [-0.1, -0.05) is 0 Å². The topological polar surface area (TPSA) is 112 Å². The first kappa shape index (κ1) is 16.5. The van der Waals surface area contributed by atoms with Gasteiger partial charge in [0.25, 0.3) is 5.69 Å².